The SMILES string of the molecule is CS(=O)(=O)c1cccc(C(Nc2ccc(C#N)c(Cl)c2)c2ccc(F)c(F)c2)c1. The summed E-state index contributed by atoms with van der Waals surface area (Å²) in [7, 11) is -3.46. The van der Waals surface area contributed by atoms with Gasteiger partial charge in [-0.3, -0.25) is 0 Å². The summed E-state index contributed by atoms with van der Waals surface area (Å²) >= 11 is 6.08. The first kappa shape index (κ1) is 20.8. The Morgan fingerprint density at radius 3 is 2.34 bits per heavy atom. The fourth-order valence-electron chi connectivity index (χ4n) is 2.84. The van der Waals surface area contributed by atoms with Crippen LogP contribution in [0.25, 0.3) is 0 Å². The smallest absolute Gasteiger partial charge is 0.175 e. The first-order valence-electron chi connectivity index (χ1n) is 8.40. The second-order valence-corrected chi connectivity index (χ2v) is 8.82. The predicted octanol–water partition coefficient (Wildman–Crippen LogP) is 5.09. The third-order valence-electron chi connectivity index (χ3n) is 4.30. The number of nitrogens with one attached hydrogen (secondary N) is 1. The normalized spacial score (nSPS) is 12.2. The lowest BCUT2D eigenvalue weighted by Crippen LogP contribution is -2.14. The Hall–Kier alpha value is -2.95. The largest absolute Gasteiger partial charge is 0.374 e. The van der Waals surface area contributed by atoms with Gasteiger partial charge in [-0.25, -0.2) is 17.2 Å². The van der Waals surface area contributed by atoms with Gasteiger partial charge in [-0.05, 0) is 53.6 Å². The van der Waals surface area contributed by atoms with Crippen molar-refractivity contribution in [3.8, 4) is 6.07 Å². The van der Waals surface area contributed by atoms with Crippen LogP contribution in [0.2, 0.25) is 5.02 Å². The van der Waals surface area contributed by atoms with E-state index in [1.54, 1.807) is 18.2 Å². The molecule has 3 aromatic rings. The molecule has 0 bridgehead atoms. The summed E-state index contributed by atoms with van der Waals surface area (Å²) in [5, 5.41) is 12.4. The van der Waals surface area contributed by atoms with Gasteiger partial charge < -0.3 is 5.32 Å². The summed E-state index contributed by atoms with van der Waals surface area (Å²) in [5.41, 5.74) is 1.73. The molecule has 0 aliphatic carbocycles. The zero-order valence-corrected chi connectivity index (χ0v) is 16.7. The Morgan fingerprint density at radius 2 is 1.72 bits per heavy atom. The van der Waals surface area contributed by atoms with E-state index >= 15 is 0 Å². The third kappa shape index (κ3) is 4.73. The van der Waals surface area contributed by atoms with Gasteiger partial charge in [-0.2, -0.15) is 5.26 Å². The van der Waals surface area contributed by atoms with E-state index in [-0.39, 0.29) is 9.92 Å². The number of anilines is 1. The van der Waals surface area contributed by atoms with E-state index in [0.29, 0.717) is 22.4 Å². The van der Waals surface area contributed by atoms with Crippen LogP contribution in [0.15, 0.2) is 65.6 Å². The number of hydrogen-bond donors (Lipinski definition) is 1. The van der Waals surface area contributed by atoms with E-state index in [2.05, 4.69) is 5.32 Å². The van der Waals surface area contributed by atoms with Gasteiger partial charge in [0, 0.05) is 11.9 Å². The lowest BCUT2D eigenvalue weighted by atomic mass is 9.98. The van der Waals surface area contributed by atoms with Crippen molar-refractivity contribution in [2.45, 2.75) is 10.9 Å². The van der Waals surface area contributed by atoms with Gasteiger partial charge in [0.2, 0.25) is 0 Å². The zero-order chi connectivity index (χ0) is 21.2. The number of halogens is 3. The Morgan fingerprint density at radius 1 is 1.00 bits per heavy atom. The molecule has 8 heteroatoms. The number of benzene rings is 3. The van der Waals surface area contributed by atoms with E-state index in [1.165, 1.54) is 30.3 Å². The molecule has 0 aromatic heterocycles. The van der Waals surface area contributed by atoms with Gasteiger partial charge in [0.15, 0.2) is 21.5 Å². The maximum absolute atomic E-state index is 13.9. The molecule has 0 aliphatic rings. The van der Waals surface area contributed by atoms with Crippen molar-refractivity contribution in [1.82, 2.24) is 0 Å². The number of sulfone groups is 1. The highest BCUT2D eigenvalue weighted by atomic mass is 35.5. The maximum Gasteiger partial charge on any atom is 0.175 e. The quantitative estimate of drug-likeness (QED) is 0.609. The van der Waals surface area contributed by atoms with Crippen molar-refractivity contribution in [3.63, 3.8) is 0 Å². The summed E-state index contributed by atoms with van der Waals surface area (Å²) in [6.07, 6.45) is 1.09. The van der Waals surface area contributed by atoms with Gasteiger partial charge >= 0.3 is 0 Å². The van der Waals surface area contributed by atoms with Crippen molar-refractivity contribution in [2.75, 3.05) is 11.6 Å². The van der Waals surface area contributed by atoms with Gasteiger partial charge in [0.1, 0.15) is 6.07 Å². The van der Waals surface area contributed by atoms with Crippen LogP contribution in [-0.2, 0) is 9.84 Å². The minimum absolute atomic E-state index is 0.0993. The average Bonchev–Trinajstić information content (AvgIpc) is 2.68. The maximum atomic E-state index is 13.9. The van der Waals surface area contributed by atoms with Crippen molar-refractivity contribution in [1.29, 1.82) is 5.26 Å². The van der Waals surface area contributed by atoms with E-state index in [4.69, 9.17) is 16.9 Å². The van der Waals surface area contributed by atoms with Gasteiger partial charge in [0.25, 0.3) is 0 Å². The second-order valence-electron chi connectivity index (χ2n) is 6.40. The van der Waals surface area contributed by atoms with Crippen molar-refractivity contribution < 1.29 is 17.2 Å². The van der Waals surface area contributed by atoms with Crippen LogP contribution in [0.5, 0.6) is 0 Å². The third-order valence-corrected chi connectivity index (χ3v) is 5.72. The summed E-state index contributed by atoms with van der Waals surface area (Å²) in [6, 6.07) is 15.6. The van der Waals surface area contributed by atoms with Crippen LogP contribution in [0.3, 0.4) is 0 Å². The van der Waals surface area contributed by atoms with Crippen LogP contribution in [0.4, 0.5) is 14.5 Å². The van der Waals surface area contributed by atoms with E-state index < -0.39 is 27.5 Å². The number of nitriles is 1. The molecular formula is C21H15ClF2N2O2S. The molecule has 1 N–H and O–H groups in total. The molecule has 0 aliphatic heterocycles. The molecule has 0 spiro atoms. The molecule has 3 rings (SSSR count). The van der Waals surface area contributed by atoms with E-state index in [9.17, 15) is 17.2 Å². The van der Waals surface area contributed by atoms with Gasteiger partial charge in [0.05, 0.1) is 21.5 Å². The van der Waals surface area contributed by atoms with Crippen molar-refractivity contribution >= 4 is 27.1 Å². The molecule has 0 heterocycles. The molecule has 1 atom stereocenters. The molecular weight excluding hydrogens is 418 g/mol. The minimum Gasteiger partial charge on any atom is -0.374 e. The highest BCUT2D eigenvalue weighted by molar-refractivity contribution is 7.90. The predicted molar refractivity (Wildman–Crippen MR) is 108 cm³/mol. The molecule has 1 unspecified atom stereocenters. The topological polar surface area (TPSA) is 70.0 Å². The van der Waals surface area contributed by atoms with Crippen molar-refractivity contribution in [3.05, 3.63) is 94.0 Å². The first-order valence-corrected chi connectivity index (χ1v) is 10.7. The second kappa shape index (κ2) is 8.19. The molecule has 29 heavy (non-hydrogen) atoms. The fraction of sp³-hybridized carbons (Fsp3) is 0.0952. The molecule has 4 nitrogen and oxygen atoms in total. The van der Waals surface area contributed by atoms with Crippen LogP contribution < -0.4 is 5.32 Å². The highest BCUT2D eigenvalue weighted by Crippen LogP contribution is 2.31. The molecule has 148 valence electrons. The van der Waals surface area contributed by atoms with Gasteiger partial charge in [-0.1, -0.05) is 29.8 Å². The van der Waals surface area contributed by atoms with Crippen LogP contribution in [0.1, 0.15) is 22.7 Å². The zero-order valence-electron chi connectivity index (χ0n) is 15.2. The van der Waals surface area contributed by atoms with Crippen LogP contribution in [0, 0.1) is 23.0 Å². The number of hydrogen-bond acceptors (Lipinski definition) is 4. The Labute approximate surface area is 172 Å². The average molecular weight is 433 g/mol. The molecule has 0 saturated heterocycles. The Bertz CT molecular complexity index is 1220. The minimum atomic E-state index is -3.46. The molecule has 0 fully saturated rings. The summed E-state index contributed by atoms with van der Waals surface area (Å²) < 4.78 is 51.2. The fourth-order valence-corrected chi connectivity index (χ4v) is 3.74. The molecule has 0 saturated carbocycles. The Kier molecular flexibility index (Phi) is 5.87. The van der Waals surface area contributed by atoms with E-state index in [1.807, 2.05) is 6.07 Å². The summed E-state index contributed by atoms with van der Waals surface area (Å²) in [4.78, 5) is 0.0993. The highest BCUT2D eigenvalue weighted by Gasteiger charge is 2.19. The lowest BCUT2D eigenvalue weighted by Gasteiger charge is -2.22. The monoisotopic (exact) mass is 432 g/mol. The van der Waals surface area contributed by atoms with E-state index in [0.717, 1.165) is 18.4 Å². The summed E-state index contributed by atoms with van der Waals surface area (Å²) in [5.74, 6) is -2.01. The standard InChI is InChI=1S/C21H15ClF2N2O2S/c1-29(27,28)17-4-2-3-13(9-17)21(14-6-8-19(23)20(24)10-14)26-16-7-5-15(12-25)18(22)11-16/h2-11,21,26H,1H3. The molecule has 3 aromatic carbocycles. The van der Waals surface area contributed by atoms with Crippen molar-refractivity contribution in [2.24, 2.45) is 0 Å². The Balaban J connectivity index is 2.11. The lowest BCUT2D eigenvalue weighted by molar-refractivity contribution is 0.506. The molecule has 0 amide bonds. The molecule has 0 radical (unpaired) electrons. The summed E-state index contributed by atoms with van der Waals surface area (Å²) in [6.45, 7) is 0. The van der Waals surface area contributed by atoms with Gasteiger partial charge in [-0.15, -0.1) is 0 Å². The number of rotatable bonds is 5. The van der Waals surface area contributed by atoms with Crippen LogP contribution in [-0.4, -0.2) is 14.7 Å². The van der Waals surface area contributed by atoms with Crippen LogP contribution >= 0.6 is 11.6 Å². The first-order chi connectivity index (χ1) is 13.7. The number of nitrogens with zero attached hydrogens (tertiary/aromatic N) is 1.